The Morgan fingerprint density at radius 3 is 2.36 bits per heavy atom. The molecule has 2 rings (SSSR count). The number of carbonyl (C=O) groups is 2. The highest BCUT2D eigenvalue weighted by Gasteiger charge is 2.11. The average molecular weight is 360 g/mol. The third-order valence-corrected chi connectivity index (χ3v) is 4.21. The van der Waals surface area contributed by atoms with E-state index in [0.717, 1.165) is 11.1 Å². The first kappa shape index (κ1) is 19.0. The topological polar surface area (TPSA) is 55.4 Å². The van der Waals surface area contributed by atoms with Crippen molar-refractivity contribution in [3.8, 4) is 5.75 Å². The predicted molar refractivity (Wildman–Crippen MR) is 101 cm³/mol. The molecular weight excluding hydrogens is 338 g/mol. The molecule has 25 heavy (non-hydrogen) atoms. The summed E-state index contributed by atoms with van der Waals surface area (Å²) >= 11 is 6.19. The standard InChI is InChI=1S/C20H22ClNO3/c1-13-11-14(2)20(17(21)12-13)22-19(24)6-4-5-18(23)15-7-9-16(25-3)10-8-15/h7-12H,4-6H2,1-3H3,(H,22,24). The summed E-state index contributed by atoms with van der Waals surface area (Å²) in [6, 6.07) is 10.8. The van der Waals surface area contributed by atoms with Crippen LogP contribution in [-0.2, 0) is 4.79 Å². The molecule has 0 spiro atoms. The van der Waals surface area contributed by atoms with Crippen LogP contribution < -0.4 is 10.1 Å². The molecular formula is C20H22ClNO3. The molecule has 0 fully saturated rings. The Bertz CT molecular complexity index is 746. The molecule has 5 heteroatoms. The van der Waals surface area contributed by atoms with Gasteiger partial charge in [-0.05, 0) is 61.7 Å². The first-order chi connectivity index (χ1) is 11.9. The Morgan fingerprint density at radius 1 is 1.08 bits per heavy atom. The van der Waals surface area contributed by atoms with E-state index >= 15 is 0 Å². The van der Waals surface area contributed by atoms with Crippen LogP contribution in [0, 0.1) is 13.8 Å². The number of benzene rings is 2. The number of nitrogens with one attached hydrogen (secondary N) is 1. The van der Waals surface area contributed by atoms with Crippen molar-refractivity contribution in [1.29, 1.82) is 0 Å². The molecule has 0 heterocycles. The smallest absolute Gasteiger partial charge is 0.224 e. The molecule has 1 N–H and O–H groups in total. The summed E-state index contributed by atoms with van der Waals surface area (Å²) in [5.41, 5.74) is 3.23. The molecule has 2 aromatic carbocycles. The number of aryl methyl sites for hydroxylation is 2. The Kier molecular flexibility index (Phi) is 6.59. The number of carbonyl (C=O) groups excluding carboxylic acids is 2. The summed E-state index contributed by atoms with van der Waals surface area (Å²) in [4.78, 5) is 24.2. The number of hydrogen-bond donors (Lipinski definition) is 1. The highest BCUT2D eigenvalue weighted by molar-refractivity contribution is 6.34. The maximum atomic E-state index is 12.1. The van der Waals surface area contributed by atoms with E-state index in [1.165, 1.54) is 0 Å². The van der Waals surface area contributed by atoms with Crippen LogP contribution in [0.5, 0.6) is 5.75 Å². The quantitative estimate of drug-likeness (QED) is 0.711. The third-order valence-electron chi connectivity index (χ3n) is 3.92. The molecule has 2 aromatic rings. The lowest BCUT2D eigenvalue weighted by atomic mass is 10.0. The number of ketones is 1. The lowest BCUT2D eigenvalue weighted by molar-refractivity contribution is -0.116. The zero-order chi connectivity index (χ0) is 18.4. The van der Waals surface area contributed by atoms with Crippen LogP contribution in [-0.4, -0.2) is 18.8 Å². The second-order valence-corrected chi connectivity index (χ2v) is 6.40. The van der Waals surface area contributed by atoms with E-state index in [4.69, 9.17) is 16.3 Å². The zero-order valence-corrected chi connectivity index (χ0v) is 15.4. The van der Waals surface area contributed by atoms with Gasteiger partial charge in [-0.15, -0.1) is 0 Å². The predicted octanol–water partition coefficient (Wildman–Crippen LogP) is 4.96. The molecule has 0 aliphatic carbocycles. The van der Waals surface area contributed by atoms with Crippen LogP contribution in [0.15, 0.2) is 36.4 Å². The van der Waals surface area contributed by atoms with Crippen LogP contribution in [0.25, 0.3) is 0 Å². The first-order valence-corrected chi connectivity index (χ1v) is 8.52. The van der Waals surface area contributed by atoms with Crippen molar-refractivity contribution in [3.05, 3.63) is 58.1 Å². The molecule has 0 bridgehead atoms. The van der Waals surface area contributed by atoms with E-state index in [0.29, 0.717) is 34.9 Å². The summed E-state index contributed by atoms with van der Waals surface area (Å²) < 4.78 is 5.07. The van der Waals surface area contributed by atoms with Gasteiger partial charge in [0.25, 0.3) is 0 Å². The summed E-state index contributed by atoms with van der Waals surface area (Å²) in [7, 11) is 1.58. The Labute approximate surface area is 153 Å². The van der Waals surface area contributed by atoms with Crippen molar-refractivity contribution >= 4 is 29.0 Å². The fourth-order valence-corrected chi connectivity index (χ4v) is 2.98. The maximum Gasteiger partial charge on any atom is 0.224 e. The highest BCUT2D eigenvalue weighted by Crippen LogP contribution is 2.27. The van der Waals surface area contributed by atoms with Crippen molar-refractivity contribution in [2.45, 2.75) is 33.1 Å². The fraction of sp³-hybridized carbons (Fsp3) is 0.300. The van der Waals surface area contributed by atoms with E-state index < -0.39 is 0 Å². The van der Waals surface area contributed by atoms with Crippen molar-refractivity contribution in [1.82, 2.24) is 0 Å². The minimum Gasteiger partial charge on any atom is -0.497 e. The largest absolute Gasteiger partial charge is 0.497 e. The van der Waals surface area contributed by atoms with Crippen molar-refractivity contribution in [3.63, 3.8) is 0 Å². The van der Waals surface area contributed by atoms with Crippen LogP contribution in [0.1, 0.15) is 40.7 Å². The van der Waals surface area contributed by atoms with Gasteiger partial charge in [-0.1, -0.05) is 17.7 Å². The summed E-state index contributed by atoms with van der Waals surface area (Å²) in [6.45, 7) is 3.86. The Morgan fingerprint density at radius 2 is 1.76 bits per heavy atom. The minimum atomic E-state index is -0.142. The third kappa shape index (κ3) is 5.33. The second kappa shape index (κ2) is 8.67. The van der Waals surface area contributed by atoms with Crippen molar-refractivity contribution in [2.75, 3.05) is 12.4 Å². The Hall–Kier alpha value is -2.33. The zero-order valence-electron chi connectivity index (χ0n) is 14.7. The molecule has 0 radical (unpaired) electrons. The molecule has 0 unspecified atom stereocenters. The van der Waals surface area contributed by atoms with E-state index in [-0.39, 0.29) is 18.1 Å². The molecule has 0 aliphatic heterocycles. The molecule has 132 valence electrons. The molecule has 0 aliphatic rings. The SMILES string of the molecule is COc1ccc(C(=O)CCCC(=O)Nc2c(C)cc(C)cc2Cl)cc1. The van der Waals surface area contributed by atoms with Gasteiger partial charge >= 0.3 is 0 Å². The summed E-state index contributed by atoms with van der Waals surface area (Å²) in [6.07, 6.45) is 1.07. The number of anilines is 1. The number of ether oxygens (including phenoxy) is 1. The Balaban J connectivity index is 1.85. The minimum absolute atomic E-state index is 0.0139. The molecule has 1 amide bonds. The van der Waals surface area contributed by atoms with E-state index in [9.17, 15) is 9.59 Å². The first-order valence-electron chi connectivity index (χ1n) is 8.14. The number of Topliss-reactive ketones (excluding diaryl/α,β-unsaturated/α-hetero) is 1. The summed E-state index contributed by atoms with van der Waals surface area (Å²) in [5.74, 6) is 0.581. The van der Waals surface area contributed by atoms with Crippen molar-refractivity contribution < 1.29 is 14.3 Å². The van der Waals surface area contributed by atoms with Crippen LogP contribution in [0.4, 0.5) is 5.69 Å². The van der Waals surface area contributed by atoms with Gasteiger partial charge in [0, 0.05) is 18.4 Å². The van der Waals surface area contributed by atoms with Gasteiger partial charge in [-0.2, -0.15) is 0 Å². The lowest BCUT2D eigenvalue weighted by Gasteiger charge is -2.11. The fourth-order valence-electron chi connectivity index (χ4n) is 2.61. The van der Waals surface area contributed by atoms with Gasteiger partial charge in [0.2, 0.25) is 5.91 Å². The van der Waals surface area contributed by atoms with Gasteiger partial charge in [-0.25, -0.2) is 0 Å². The molecule has 4 nitrogen and oxygen atoms in total. The van der Waals surface area contributed by atoms with E-state index in [1.54, 1.807) is 31.4 Å². The maximum absolute atomic E-state index is 12.1. The average Bonchev–Trinajstić information content (AvgIpc) is 2.58. The molecule has 0 atom stereocenters. The van der Waals surface area contributed by atoms with Crippen molar-refractivity contribution in [2.24, 2.45) is 0 Å². The van der Waals surface area contributed by atoms with Gasteiger partial charge in [-0.3, -0.25) is 9.59 Å². The molecule has 0 saturated heterocycles. The van der Waals surface area contributed by atoms with Crippen LogP contribution in [0.2, 0.25) is 5.02 Å². The number of methoxy groups -OCH3 is 1. The van der Waals surface area contributed by atoms with E-state index in [2.05, 4.69) is 5.32 Å². The van der Waals surface area contributed by atoms with Gasteiger partial charge in [0.1, 0.15) is 5.75 Å². The second-order valence-electron chi connectivity index (χ2n) is 5.99. The number of halogens is 1. The summed E-state index contributed by atoms with van der Waals surface area (Å²) in [5, 5.41) is 3.36. The highest BCUT2D eigenvalue weighted by atomic mass is 35.5. The number of hydrogen-bond acceptors (Lipinski definition) is 3. The van der Waals surface area contributed by atoms with Crippen LogP contribution in [0.3, 0.4) is 0 Å². The van der Waals surface area contributed by atoms with Gasteiger partial charge < -0.3 is 10.1 Å². The molecule has 0 aromatic heterocycles. The number of rotatable bonds is 7. The van der Waals surface area contributed by atoms with Gasteiger partial charge in [0.15, 0.2) is 5.78 Å². The number of amides is 1. The van der Waals surface area contributed by atoms with Crippen LogP contribution >= 0.6 is 11.6 Å². The van der Waals surface area contributed by atoms with Gasteiger partial charge in [0.05, 0.1) is 17.8 Å². The molecule has 0 saturated carbocycles. The van der Waals surface area contributed by atoms with E-state index in [1.807, 2.05) is 26.0 Å². The normalized spacial score (nSPS) is 10.4. The monoisotopic (exact) mass is 359 g/mol. The lowest BCUT2D eigenvalue weighted by Crippen LogP contribution is -2.13.